The lowest BCUT2D eigenvalue weighted by molar-refractivity contribution is -0.117. The lowest BCUT2D eigenvalue weighted by Crippen LogP contribution is -2.36. The molecule has 0 atom stereocenters. The minimum Gasteiger partial charge on any atom is -0.489 e. The van der Waals surface area contributed by atoms with Gasteiger partial charge in [-0.3, -0.25) is 9.69 Å². The van der Waals surface area contributed by atoms with Crippen molar-refractivity contribution < 1.29 is 9.53 Å². The molecule has 0 spiro atoms. The zero-order valence-corrected chi connectivity index (χ0v) is 14.8. The van der Waals surface area contributed by atoms with E-state index in [-0.39, 0.29) is 5.78 Å². The van der Waals surface area contributed by atoms with Crippen LogP contribution in [-0.2, 0) is 11.4 Å². The predicted octanol–water partition coefficient (Wildman–Crippen LogP) is 4.33. The van der Waals surface area contributed by atoms with Gasteiger partial charge in [-0.2, -0.15) is 0 Å². The summed E-state index contributed by atoms with van der Waals surface area (Å²) in [5.74, 6) is 1.09. The van der Waals surface area contributed by atoms with Crippen LogP contribution in [0.3, 0.4) is 0 Å². The molecule has 1 saturated heterocycles. The van der Waals surface area contributed by atoms with Gasteiger partial charge in [0.2, 0.25) is 0 Å². The van der Waals surface area contributed by atoms with Gasteiger partial charge in [-0.05, 0) is 42.3 Å². The van der Waals surface area contributed by atoms with Gasteiger partial charge in [-0.15, -0.1) is 0 Å². The van der Waals surface area contributed by atoms with E-state index < -0.39 is 0 Å². The van der Waals surface area contributed by atoms with Crippen LogP contribution in [0.15, 0.2) is 60.2 Å². The topological polar surface area (TPSA) is 29.5 Å². The predicted molar refractivity (Wildman–Crippen MR) is 102 cm³/mol. The Morgan fingerprint density at radius 1 is 1.12 bits per heavy atom. The molecule has 1 aliphatic rings. The van der Waals surface area contributed by atoms with Crippen molar-refractivity contribution in [2.45, 2.75) is 26.4 Å². The number of hydrogen-bond acceptors (Lipinski definition) is 3. The van der Waals surface area contributed by atoms with Crippen molar-refractivity contribution in [2.24, 2.45) is 0 Å². The summed E-state index contributed by atoms with van der Waals surface area (Å²) in [7, 11) is 0. The second-order valence-electron chi connectivity index (χ2n) is 6.47. The molecule has 3 nitrogen and oxygen atoms in total. The summed E-state index contributed by atoms with van der Waals surface area (Å²) in [5.41, 5.74) is 3.07. The van der Waals surface area contributed by atoms with Crippen molar-refractivity contribution in [3.05, 3.63) is 71.3 Å². The summed E-state index contributed by atoms with van der Waals surface area (Å²) >= 11 is 0. The van der Waals surface area contributed by atoms with Gasteiger partial charge in [0.1, 0.15) is 12.4 Å². The first-order valence-electron chi connectivity index (χ1n) is 8.97. The average Bonchev–Trinajstić information content (AvgIpc) is 2.64. The summed E-state index contributed by atoms with van der Waals surface area (Å²) in [5, 5.41) is 0. The molecule has 3 heteroatoms. The number of nitrogens with zero attached hydrogens (tertiary/aromatic N) is 1. The third kappa shape index (κ3) is 5.04. The monoisotopic (exact) mass is 335 g/mol. The standard InChI is InChI=1S/C22H25NO2/c1-2-12-23-13-11-22(24)20(16-23)14-19-9-6-10-21(15-19)25-17-18-7-4-3-5-8-18/h3-10,14-15H,2,11-13,16-17H2,1H3/b20-14+. The fourth-order valence-corrected chi connectivity index (χ4v) is 3.10. The zero-order chi connectivity index (χ0) is 17.5. The number of hydrogen-bond donors (Lipinski definition) is 0. The summed E-state index contributed by atoms with van der Waals surface area (Å²) in [6.45, 7) is 5.40. The lowest BCUT2D eigenvalue weighted by atomic mass is 10.00. The Hall–Kier alpha value is -2.39. The molecule has 1 aliphatic heterocycles. The van der Waals surface area contributed by atoms with Crippen molar-refractivity contribution in [2.75, 3.05) is 19.6 Å². The van der Waals surface area contributed by atoms with Crippen LogP contribution < -0.4 is 4.74 Å². The summed E-state index contributed by atoms with van der Waals surface area (Å²) in [6, 6.07) is 18.1. The van der Waals surface area contributed by atoms with Crippen LogP contribution in [0.25, 0.3) is 6.08 Å². The molecule has 2 aromatic rings. The molecule has 0 aromatic heterocycles. The van der Waals surface area contributed by atoms with Gasteiger partial charge in [0, 0.05) is 25.1 Å². The molecule has 0 N–H and O–H groups in total. The normalized spacial score (nSPS) is 17.0. The number of carbonyl (C=O) groups is 1. The highest BCUT2D eigenvalue weighted by Crippen LogP contribution is 2.20. The molecule has 0 aliphatic carbocycles. The first-order valence-corrected chi connectivity index (χ1v) is 8.97. The highest BCUT2D eigenvalue weighted by Gasteiger charge is 2.20. The second kappa shape index (κ2) is 8.63. The molecule has 0 bridgehead atoms. The molecule has 2 aromatic carbocycles. The third-order valence-electron chi connectivity index (χ3n) is 4.39. The number of rotatable bonds is 6. The number of ether oxygens (including phenoxy) is 1. The van der Waals surface area contributed by atoms with E-state index in [1.54, 1.807) is 0 Å². The van der Waals surface area contributed by atoms with Crippen molar-refractivity contribution in [1.29, 1.82) is 0 Å². The van der Waals surface area contributed by atoms with Gasteiger partial charge >= 0.3 is 0 Å². The smallest absolute Gasteiger partial charge is 0.161 e. The highest BCUT2D eigenvalue weighted by molar-refractivity contribution is 6.00. The Morgan fingerprint density at radius 2 is 1.96 bits per heavy atom. The van der Waals surface area contributed by atoms with Crippen LogP contribution in [0.5, 0.6) is 5.75 Å². The fourth-order valence-electron chi connectivity index (χ4n) is 3.10. The van der Waals surface area contributed by atoms with E-state index in [0.717, 1.165) is 48.5 Å². The molecule has 3 rings (SSSR count). The quantitative estimate of drug-likeness (QED) is 0.736. The van der Waals surface area contributed by atoms with E-state index in [1.165, 1.54) is 0 Å². The molecule has 1 fully saturated rings. The first-order chi connectivity index (χ1) is 12.2. The number of piperidine rings is 1. The van der Waals surface area contributed by atoms with Crippen LogP contribution in [0.4, 0.5) is 0 Å². The molecule has 0 amide bonds. The first kappa shape index (κ1) is 17.4. The second-order valence-corrected chi connectivity index (χ2v) is 6.47. The molecule has 0 saturated carbocycles. The Balaban J connectivity index is 1.69. The number of Topliss-reactive ketones (excluding diaryl/α,β-unsaturated/α-hetero) is 1. The molecular formula is C22H25NO2. The largest absolute Gasteiger partial charge is 0.489 e. The van der Waals surface area contributed by atoms with Crippen molar-refractivity contribution >= 4 is 11.9 Å². The van der Waals surface area contributed by atoms with Crippen LogP contribution >= 0.6 is 0 Å². The Labute approximate surface area is 149 Å². The molecule has 130 valence electrons. The minimum absolute atomic E-state index is 0.267. The highest BCUT2D eigenvalue weighted by atomic mass is 16.5. The molecule has 25 heavy (non-hydrogen) atoms. The summed E-state index contributed by atoms with van der Waals surface area (Å²) in [6.07, 6.45) is 3.75. The van der Waals surface area contributed by atoms with E-state index >= 15 is 0 Å². The number of likely N-dealkylation sites (tertiary alicyclic amines) is 1. The number of carbonyl (C=O) groups excluding carboxylic acids is 1. The van der Waals surface area contributed by atoms with Gasteiger partial charge in [-0.25, -0.2) is 0 Å². The van der Waals surface area contributed by atoms with Gasteiger partial charge < -0.3 is 4.74 Å². The van der Waals surface area contributed by atoms with Gasteiger partial charge in [0.15, 0.2) is 5.78 Å². The SMILES string of the molecule is CCCN1CCC(=O)/C(=C/c2cccc(OCc3ccccc3)c2)C1. The number of ketones is 1. The zero-order valence-electron chi connectivity index (χ0n) is 14.8. The number of benzene rings is 2. The van der Waals surface area contributed by atoms with E-state index in [2.05, 4.69) is 24.0 Å². The fraction of sp³-hybridized carbons (Fsp3) is 0.318. The van der Waals surface area contributed by atoms with Crippen molar-refractivity contribution in [3.63, 3.8) is 0 Å². The lowest BCUT2D eigenvalue weighted by Gasteiger charge is -2.27. The molecular weight excluding hydrogens is 310 g/mol. The Bertz CT molecular complexity index is 737. The maximum absolute atomic E-state index is 12.2. The van der Waals surface area contributed by atoms with E-state index in [0.29, 0.717) is 13.0 Å². The minimum atomic E-state index is 0.267. The van der Waals surface area contributed by atoms with Crippen LogP contribution in [-0.4, -0.2) is 30.3 Å². The Kier molecular flexibility index (Phi) is 6.02. The van der Waals surface area contributed by atoms with Gasteiger partial charge in [0.05, 0.1) is 0 Å². The maximum Gasteiger partial charge on any atom is 0.161 e. The molecule has 0 radical (unpaired) electrons. The van der Waals surface area contributed by atoms with Crippen LogP contribution in [0.2, 0.25) is 0 Å². The van der Waals surface area contributed by atoms with E-state index in [9.17, 15) is 4.79 Å². The van der Waals surface area contributed by atoms with Gasteiger partial charge in [-0.1, -0.05) is 49.4 Å². The van der Waals surface area contributed by atoms with Crippen molar-refractivity contribution in [3.8, 4) is 5.75 Å². The Morgan fingerprint density at radius 3 is 2.76 bits per heavy atom. The van der Waals surface area contributed by atoms with Crippen molar-refractivity contribution in [1.82, 2.24) is 4.90 Å². The van der Waals surface area contributed by atoms with E-state index in [4.69, 9.17) is 4.74 Å². The maximum atomic E-state index is 12.2. The third-order valence-corrected chi connectivity index (χ3v) is 4.39. The van der Waals surface area contributed by atoms with Crippen LogP contribution in [0, 0.1) is 0 Å². The van der Waals surface area contributed by atoms with E-state index in [1.807, 2.05) is 48.5 Å². The van der Waals surface area contributed by atoms with Crippen LogP contribution in [0.1, 0.15) is 30.9 Å². The molecule has 0 unspecified atom stereocenters. The van der Waals surface area contributed by atoms with Gasteiger partial charge in [0.25, 0.3) is 0 Å². The summed E-state index contributed by atoms with van der Waals surface area (Å²) in [4.78, 5) is 14.6. The molecule has 1 heterocycles. The summed E-state index contributed by atoms with van der Waals surface area (Å²) < 4.78 is 5.88. The average molecular weight is 335 g/mol.